The first kappa shape index (κ1) is 18.8. The highest BCUT2D eigenvalue weighted by Gasteiger charge is 2.31. The molecule has 0 aliphatic heterocycles. The lowest BCUT2D eigenvalue weighted by Gasteiger charge is -2.27. The molecular formula is C21H18ClN7. The largest absolute Gasteiger partial charge is 0.368 e. The molecule has 0 amide bonds. The molecule has 0 saturated heterocycles. The smallest absolute Gasteiger partial charge is 0.220 e. The first-order chi connectivity index (χ1) is 14.1. The standard InChI is InChI=1S/C21H18ClN7/c22-15-5-3-13(4-6-15)18(16-7-10-26-20(23)28-16)19(14-2-1-9-25-12-14)17-8-11-27-21(24)29-17/h1-12,18-19H,(H2,23,26,28)(H2,24,27,29). The fourth-order valence-electron chi connectivity index (χ4n) is 3.42. The SMILES string of the molecule is Nc1nccc(C(c2ccc(Cl)cc2)C(c2cccnc2)c2ccnc(N)n2)n1. The zero-order chi connectivity index (χ0) is 20.2. The maximum atomic E-state index is 6.13. The monoisotopic (exact) mass is 403 g/mol. The second kappa shape index (κ2) is 8.20. The van der Waals surface area contributed by atoms with E-state index in [1.54, 1.807) is 18.6 Å². The van der Waals surface area contributed by atoms with Gasteiger partial charge in [-0.25, -0.2) is 19.9 Å². The average molecular weight is 404 g/mol. The topological polar surface area (TPSA) is 116 Å². The highest BCUT2D eigenvalue weighted by atomic mass is 35.5. The molecule has 8 heteroatoms. The van der Waals surface area contributed by atoms with Gasteiger partial charge in [0.15, 0.2) is 0 Å². The number of anilines is 2. The van der Waals surface area contributed by atoms with Crippen LogP contribution in [0.15, 0.2) is 73.3 Å². The Bertz CT molecular complexity index is 1100. The van der Waals surface area contributed by atoms with E-state index in [9.17, 15) is 0 Å². The third-order valence-electron chi connectivity index (χ3n) is 4.63. The molecule has 0 saturated carbocycles. The lowest BCUT2D eigenvalue weighted by molar-refractivity contribution is 0.653. The molecule has 29 heavy (non-hydrogen) atoms. The summed E-state index contributed by atoms with van der Waals surface area (Å²) in [6, 6.07) is 15.2. The van der Waals surface area contributed by atoms with E-state index in [-0.39, 0.29) is 23.7 Å². The Labute approximate surface area is 172 Å². The molecule has 3 aromatic heterocycles. The Kier molecular flexibility index (Phi) is 5.31. The van der Waals surface area contributed by atoms with E-state index in [0.29, 0.717) is 5.02 Å². The summed E-state index contributed by atoms with van der Waals surface area (Å²) in [5.74, 6) is -0.0532. The summed E-state index contributed by atoms with van der Waals surface area (Å²) in [6.45, 7) is 0. The number of nitrogens with two attached hydrogens (primary N) is 2. The van der Waals surface area contributed by atoms with Crippen molar-refractivity contribution in [1.29, 1.82) is 0 Å². The van der Waals surface area contributed by atoms with Crippen molar-refractivity contribution < 1.29 is 0 Å². The molecule has 2 atom stereocenters. The van der Waals surface area contributed by atoms with Gasteiger partial charge in [-0.1, -0.05) is 29.8 Å². The van der Waals surface area contributed by atoms with Crippen LogP contribution in [0.5, 0.6) is 0 Å². The lowest BCUT2D eigenvalue weighted by atomic mass is 9.77. The van der Waals surface area contributed by atoms with Crippen LogP contribution in [0.1, 0.15) is 34.4 Å². The number of nitrogens with zero attached hydrogens (tertiary/aromatic N) is 5. The molecule has 0 aliphatic carbocycles. The van der Waals surface area contributed by atoms with Crippen LogP contribution in [0.3, 0.4) is 0 Å². The van der Waals surface area contributed by atoms with E-state index >= 15 is 0 Å². The van der Waals surface area contributed by atoms with Gasteiger partial charge in [0, 0.05) is 41.6 Å². The molecule has 0 fully saturated rings. The van der Waals surface area contributed by atoms with Crippen molar-refractivity contribution in [1.82, 2.24) is 24.9 Å². The van der Waals surface area contributed by atoms with Gasteiger partial charge in [0.25, 0.3) is 0 Å². The minimum atomic E-state index is -0.232. The minimum absolute atomic E-state index is 0.202. The van der Waals surface area contributed by atoms with Gasteiger partial charge >= 0.3 is 0 Å². The molecule has 4 aromatic rings. The van der Waals surface area contributed by atoms with Gasteiger partial charge in [-0.15, -0.1) is 0 Å². The Morgan fingerprint density at radius 1 is 0.690 bits per heavy atom. The van der Waals surface area contributed by atoms with Crippen molar-refractivity contribution in [2.24, 2.45) is 0 Å². The van der Waals surface area contributed by atoms with E-state index < -0.39 is 0 Å². The number of pyridine rings is 1. The van der Waals surface area contributed by atoms with E-state index in [1.807, 2.05) is 54.7 Å². The predicted molar refractivity (Wildman–Crippen MR) is 112 cm³/mol. The maximum absolute atomic E-state index is 6.13. The van der Waals surface area contributed by atoms with Gasteiger partial charge in [0.05, 0.1) is 11.4 Å². The summed E-state index contributed by atoms with van der Waals surface area (Å²) < 4.78 is 0. The van der Waals surface area contributed by atoms with Gasteiger partial charge in [0.1, 0.15) is 0 Å². The molecule has 3 heterocycles. The van der Waals surface area contributed by atoms with E-state index in [1.165, 1.54) is 0 Å². The Hall–Kier alpha value is -3.58. The van der Waals surface area contributed by atoms with Crippen LogP contribution in [-0.2, 0) is 0 Å². The Morgan fingerprint density at radius 3 is 1.79 bits per heavy atom. The van der Waals surface area contributed by atoms with Crippen molar-refractivity contribution in [3.05, 3.63) is 101 Å². The molecule has 2 unspecified atom stereocenters. The number of nitrogen functional groups attached to an aromatic ring is 2. The molecule has 7 nitrogen and oxygen atoms in total. The summed E-state index contributed by atoms with van der Waals surface area (Å²) in [7, 11) is 0. The summed E-state index contributed by atoms with van der Waals surface area (Å²) in [5, 5.41) is 0.652. The number of hydrogen-bond acceptors (Lipinski definition) is 7. The van der Waals surface area contributed by atoms with Crippen molar-refractivity contribution in [2.45, 2.75) is 11.8 Å². The van der Waals surface area contributed by atoms with E-state index in [0.717, 1.165) is 22.5 Å². The van der Waals surface area contributed by atoms with Gasteiger partial charge in [0.2, 0.25) is 11.9 Å². The van der Waals surface area contributed by atoms with Gasteiger partial charge in [-0.2, -0.15) is 0 Å². The highest BCUT2D eigenvalue weighted by molar-refractivity contribution is 6.30. The molecule has 4 rings (SSSR count). The summed E-state index contributed by atoms with van der Waals surface area (Å²) in [5.41, 5.74) is 15.3. The Morgan fingerprint density at radius 2 is 1.28 bits per heavy atom. The molecule has 0 radical (unpaired) electrons. The second-order valence-corrected chi connectivity index (χ2v) is 6.91. The van der Waals surface area contributed by atoms with Crippen LogP contribution in [0.2, 0.25) is 5.02 Å². The van der Waals surface area contributed by atoms with Crippen molar-refractivity contribution >= 4 is 23.5 Å². The van der Waals surface area contributed by atoms with Crippen LogP contribution in [-0.4, -0.2) is 24.9 Å². The quantitative estimate of drug-likeness (QED) is 0.524. The number of aromatic nitrogens is 5. The summed E-state index contributed by atoms with van der Waals surface area (Å²) in [4.78, 5) is 21.4. The van der Waals surface area contributed by atoms with Crippen molar-refractivity contribution in [2.75, 3.05) is 11.5 Å². The molecule has 1 aromatic carbocycles. The first-order valence-corrected chi connectivity index (χ1v) is 9.32. The van der Waals surface area contributed by atoms with Crippen LogP contribution >= 0.6 is 11.6 Å². The molecule has 0 aliphatic rings. The third kappa shape index (κ3) is 4.14. The van der Waals surface area contributed by atoms with Gasteiger partial charge in [-0.05, 0) is 41.5 Å². The third-order valence-corrected chi connectivity index (χ3v) is 4.89. The molecular weight excluding hydrogens is 386 g/mol. The fraction of sp³-hybridized carbons (Fsp3) is 0.0952. The van der Waals surface area contributed by atoms with Gasteiger partial charge in [-0.3, -0.25) is 4.98 Å². The molecule has 4 N–H and O–H groups in total. The minimum Gasteiger partial charge on any atom is -0.368 e. The Balaban J connectivity index is 1.96. The molecule has 144 valence electrons. The summed E-state index contributed by atoms with van der Waals surface area (Å²) in [6.07, 6.45) is 6.84. The lowest BCUT2D eigenvalue weighted by Crippen LogP contribution is -2.18. The number of hydrogen-bond donors (Lipinski definition) is 2. The normalized spacial score (nSPS) is 13.0. The molecule has 0 spiro atoms. The summed E-state index contributed by atoms with van der Waals surface area (Å²) >= 11 is 6.13. The zero-order valence-corrected chi connectivity index (χ0v) is 16.1. The highest BCUT2D eigenvalue weighted by Crippen LogP contribution is 2.41. The predicted octanol–water partition coefficient (Wildman–Crippen LogP) is 3.44. The van der Waals surface area contributed by atoms with Crippen LogP contribution in [0.4, 0.5) is 11.9 Å². The number of rotatable bonds is 5. The van der Waals surface area contributed by atoms with Gasteiger partial charge < -0.3 is 11.5 Å². The average Bonchev–Trinajstić information content (AvgIpc) is 2.73. The van der Waals surface area contributed by atoms with Crippen LogP contribution in [0.25, 0.3) is 0 Å². The van der Waals surface area contributed by atoms with Crippen LogP contribution in [0, 0.1) is 0 Å². The van der Waals surface area contributed by atoms with Crippen molar-refractivity contribution in [3.8, 4) is 0 Å². The maximum Gasteiger partial charge on any atom is 0.220 e. The molecule has 0 bridgehead atoms. The van der Waals surface area contributed by atoms with Crippen molar-refractivity contribution in [3.63, 3.8) is 0 Å². The number of benzene rings is 1. The fourth-order valence-corrected chi connectivity index (χ4v) is 3.55. The second-order valence-electron chi connectivity index (χ2n) is 6.47. The van der Waals surface area contributed by atoms with E-state index in [4.69, 9.17) is 23.1 Å². The van der Waals surface area contributed by atoms with E-state index in [2.05, 4.69) is 24.9 Å². The first-order valence-electron chi connectivity index (χ1n) is 8.94. The number of halogens is 1. The van der Waals surface area contributed by atoms with Crippen LogP contribution < -0.4 is 11.5 Å². The zero-order valence-electron chi connectivity index (χ0n) is 15.4.